The molecule has 2 rings (SSSR count). The van der Waals surface area contributed by atoms with E-state index in [4.69, 9.17) is 0 Å². The average molecular weight is 347 g/mol. The fourth-order valence-electron chi connectivity index (χ4n) is 2.23. The largest absolute Gasteiger partial charge is 0.381 e. The number of nitrogens with one attached hydrogen (secondary N) is 1. The number of benzene rings is 1. The molecule has 1 aromatic rings. The minimum Gasteiger partial charge on any atom is -0.381 e. The van der Waals surface area contributed by atoms with E-state index < -0.39 is 0 Å². The first-order chi connectivity index (χ1) is 7.65. The normalized spacial score (nSPS) is 25.4. The molecule has 16 heavy (non-hydrogen) atoms. The maximum atomic E-state index is 3.63. The highest BCUT2D eigenvalue weighted by Gasteiger charge is 2.18. The van der Waals surface area contributed by atoms with Crippen LogP contribution in [0.4, 0.5) is 5.69 Å². The van der Waals surface area contributed by atoms with Gasteiger partial charge in [-0.25, -0.2) is 0 Å². The fourth-order valence-corrected chi connectivity index (χ4v) is 3.39. The van der Waals surface area contributed by atoms with Crippen LogP contribution in [0.25, 0.3) is 0 Å². The lowest BCUT2D eigenvalue weighted by atomic mass is 9.87. The Morgan fingerprint density at radius 1 is 1.12 bits per heavy atom. The number of hydrogen-bond acceptors (Lipinski definition) is 1. The second-order valence-corrected chi connectivity index (χ2v) is 6.50. The molecule has 1 aromatic carbocycles. The fraction of sp³-hybridized carbons (Fsp3) is 0.538. The third kappa shape index (κ3) is 3.24. The summed E-state index contributed by atoms with van der Waals surface area (Å²) in [6.07, 6.45) is 5.30. The molecular formula is C13H17Br2N. The Kier molecular flexibility index (Phi) is 4.31. The highest BCUT2D eigenvalue weighted by Crippen LogP contribution is 2.30. The van der Waals surface area contributed by atoms with E-state index in [0.29, 0.717) is 6.04 Å². The molecule has 88 valence electrons. The number of rotatable bonds is 2. The Morgan fingerprint density at radius 3 is 2.44 bits per heavy atom. The lowest BCUT2D eigenvalue weighted by Crippen LogP contribution is -2.25. The van der Waals surface area contributed by atoms with Gasteiger partial charge in [0.15, 0.2) is 0 Å². The minimum atomic E-state index is 0.647. The van der Waals surface area contributed by atoms with Crippen molar-refractivity contribution in [3.8, 4) is 0 Å². The molecule has 0 spiro atoms. The molecule has 3 heteroatoms. The topological polar surface area (TPSA) is 12.0 Å². The van der Waals surface area contributed by atoms with Crippen LogP contribution in [0.2, 0.25) is 0 Å². The van der Waals surface area contributed by atoms with Gasteiger partial charge in [0.05, 0.1) is 0 Å². The molecule has 0 aromatic heterocycles. The van der Waals surface area contributed by atoms with Crippen molar-refractivity contribution in [2.75, 3.05) is 5.32 Å². The van der Waals surface area contributed by atoms with E-state index in [2.05, 4.69) is 62.3 Å². The Balaban J connectivity index is 1.98. The molecule has 0 heterocycles. The summed E-state index contributed by atoms with van der Waals surface area (Å²) < 4.78 is 2.25. The van der Waals surface area contributed by atoms with Crippen LogP contribution in [0.1, 0.15) is 32.6 Å². The number of hydrogen-bond donors (Lipinski definition) is 1. The SMILES string of the molecule is CC1CCC(Nc2ccc(Br)cc2Br)CC1. The van der Waals surface area contributed by atoms with Crippen LogP contribution < -0.4 is 5.32 Å². The molecule has 1 saturated carbocycles. The van der Waals surface area contributed by atoms with E-state index in [1.165, 1.54) is 31.4 Å². The van der Waals surface area contributed by atoms with Crippen LogP contribution in [0, 0.1) is 5.92 Å². The van der Waals surface area contributed by atoms with E-state index in [-0.39, 0.29) is 0 Å². The summed E-state index contributed by atoms with van der Waals surface area (Å²) in [6, 6.07) is 6.95. The highest BCUT2D eigenvalue weighted by molar-refractivity contribution is 9.11. The molecule has 0 unspecified atom stereocenters. The van der Waals surface area contributed by atoms with Gasteiger partial charge in [0.2, 0.25) is 0 Å². The third-order valence-corrected chi connectivity index (χ3v) is 4.46. The first-order valence-corrected chi connectivity index (χ1v) is 7.45. The molecule has 1 aliphatic carbocycles. The summed E-state index contributed by atoms with van der Waals surface area (Å²) in [7, 11) is 0. The molecule has 1 nitrogen and oxygen atoms in total. The van der Waals surface area contributed by atoms with E-state index >= 15 is 0 Å². The zero-order valence-corrected chi connectivity index (χ0v) is 12.6. The first-order valence-electron chi connectivity index (χ1n) is 5.87. The van der Waals surface area contributed by atoms with Crippen molar-refractivity contribution in [2.24, 2.45) is 5.92 Å². The summed E-state index contributed by atoms with van der Waals surface area (Å²) in [5, 5.41) is 3.63. The van der Waals surface area contributed by atoms with Gasteiger partial charge in [0, 0.05) is 20.7 Å². The quantitative estimate of drug-likeness (QED) is 0.775. The number of halogens is 2. The van der Waals surface area contributed by atoms with Crippen LogP contribution in [0.15, 0.2) is 27.1 Å². The van der Waals surface area contributed by atoms with Crippen molar-refractivity contribution >= 4 is 37.5 Å². The van der Waals surface area contributed by atoms with Crippen molar-refractivity contribution in [1.29, 1.82) is 0 Å². The molecule has 0 saturated heterocycles. The van der Waals surface area contributed by atoms with Crippen molar-refractivity contribution in [2.45, 2.75) is 38.6 Å². The molecule has 0 bridgehead atoms. The van der Waals surface area contributed by atoms with E-state index in [1.807, 2.05) is 0 Å². The summed E-state index contributed by atoms with van der Waals surface area (Å²) in [6.45, 7) is 2.35. The number of anilines is 1. The molecule has 0 aliphatic heterocycles. The Bertz CT molecular complexity index is 357. The molecule has 1 N–H and O–H groups in total. The zero-order chi connectivity index (χ0) is 11.5. The summed E-state index contributed by atoms with van der Waals surface area (Å²) >= 11 is 7.06. The van der Waals surface area contributed by atoms with Gasteiger partial charge in [0.25, 0.3) is 0 Å². The van der Waals surface area contributed by atoms with Crippen LogP contribution in [-0.2, 0) is 0 Å². The maximum absolute atomic E-state index is 3.63. The van der Waals surface area contributed by atoms with Gasteiger partial charge < -0.3 is 5.32 Å². The second-order valence-electron chi connectivity index (χ2n) is 4.73. The van der Waals surface area contributed by atoms with Crippen molar-refractivity contribution in [1.82, 2.24) is 0 Å². The lowest BCUT2D eigenvalue weighted by Gasteiger charge is -2.28. The third-order valence-electron chi connectivity index (χ3n) is 3.31. The van der Waals surface area contributed by atoms with Gasteiger partial charge in [-0.1, -0.05) is 22.9 Å². The summed E-state index contributed by atoms with van der Waals surface area (Å²) in [4.78, 5) is 0. The van der Waals surface area contributed by atoms with Gasteiger partial charge >= 0.3 is 0 Å². The van der Waals surface area contributed by atoms with Crippen molar-refractivity contribution in [3.63, 3.8) is 0 Å². The standard InChI is InChI=1S/C13H17Br2N/c1-9-2-5-11(6-3-9)16-13-7-4-10(14)8-12(13)15/h4,7-9,11,16H,2-3,5-6H2,1H3. The van der Waals surface area contributed by atoms with Crippen LogP contribution >= 0.6 is 31.9 Å². The smallest absolute Gasteiger partial charge is 0.0487 e. The van der Waals surface area contributed by atoms with Crippen molar-refractivity contribution < 1.29 is 0 Å². The second kappa shape index (κ2) is 5.54. The Morgan fingerprint density at radius 2 is 1.81 bits per heavy atom. The molecule has 1 fully saturated rings. The van der Waals surface area contributed by atoms with Crippen LogP contribution in [-0.4, -0.2) is 6.04 Å². The molecule has 0 amide bonds. The highest BCUT2D eigenvalue weighted by atomic mass is 79.9. The molecular weight excluding hydrogens is 330 g/mol. The molecule has 0 atom stereocenters. The average Bonchev–Trinajstić information content (AvgIpc) is 2.25. The van der Waals surface area contributed by atoms with Crippen LogP contribution in [0.3, 0.4) is 0 Å². The van der Waals surface area contributed by atoms with E-state index in [0.717, 1.165) is 14.9 Å². The Labute approximate surface area is 114 Å². The zero-order valence-electron chi connectivity index (χ0n) is 9.47. The summed E-state index contributed by atoms with van der Waals surface area (Å²) in [5.41, 5.74) is 1.21. The first kappa shape index (κ1) is 12.4. The minimum absolute atomic E-state index is 0.647. The molecule has 1 aliphatic rings. The van der Waals surface area contributed by atoms with Crippen molar-refractivity contribution in [3.05, 3.63) is 27.1 Å². The van der Waals surface area contributed by atoms with Gasteiger partial charge in [-0.2, -0.15) is 0 Å². The molecule has 0 radical (unpaired) electrons. The monoisotopic (exact) mass is 345 g/mol. The van der Waals surface area contributed by atoms with Gasteiger partial charge in [-0.15, -0.1) is 0 Å². The Hall–Kier alpha value is -0.0200. The van der Waals surface area contributed by atoms with E-state index in [1.54, 1.807) is 0 Å². The van der Waals surface area contributed by atoms with Gasteiger partial charge in [-0.3, -0.25) is 0 Å². The van der Waals surface area contributed by atoms with Gasteiger partial charge in [-0.05, 0) is 65.7 Å². The van der Waals surface area contributed by atoms with Gasteiger partial charge in [0.1, 0.15) is 0 Å². The summed E-state index contributed by atoms with van der Waals surface area (Å²) in [5.74, 6) is 0.909. The maximum Gasteiger partial charge on any atom is 0.0487 e. The van der Waals surface area contributed by atoms with Crippen LogP contribution in [0.5, 0.6) is 0 Å². The van der Waals surface area contributed by atoms with E-state index in [9.17, 15) is 0 Å². The lowest BCUT2D eigenvalue weighted by molar-refractivity contribution is 0.361. The predicted molar refractivity (Wildman–Crippen MR) is 76.9 cm³/mol. The predicted octanol–water partition coefficient (Wildman–Crippen LogP) is 5.20.